The first-order valence-electron chi connectivity index (χ1n) is 9.97. The lowest BCUT2D eigenvalue weighted by Crippen LogP contribution is -2.18. The van der Waals surface area contributed by atoms with Crippen molar-refractivity contribution in [3.63, 3.8) is 0 Å². The molecular formula is C25H28O4. The van der Waals surface area contributed by atoms with Crippen molar-refractivity contribution in [1.82, 2.24) is 0 Å². The van der Waals surface area contributed by atoms with Crippen LogP contribution in [0.25, 0.3) is 0 Å². The number of hydrogen-bond acceptors (Lipinski definition) is 4. The van der Waals surface area contributed by atoms with Crippen LogP contribution in [0.15, 0.2) is 60.2 Å². The zero-order chi connectivity index (χ0) is 21.1. The summed E-state index contributed by atoms with van der Waals surface area (Å²) in [5, 5.41) is 31.8. The van der Waals surface area contributed by atoms with Crippen molar-refractivity contribution < 1.29 is 20.1 Å². The standard InChI is InChI=1S/C25H28O4/c1-15(2)18-11-9-16(3)13-19(18)23-21(27)14-22(28)24(25(23)29)20(26)12-10-17-7-5-4-6-8-17/h4-8,13-14,18-19,27-29H,1,9-12H2,2-3H3/t18-,19+/m1/s1. The molecule has 0 fully saturated rings. The largest absolute Gasteiger partial charge is 0.507 e. The van der Waals surface area contributed by atoms with E-state index in [9.17, 15) is 20.1 Å². The van der Waals surface area contributed by atoms with Gasteiger partial charge in [0.2, 0.25) is 0 Å². The molecule has 152 valence electrons. The summed E-state index contributed by atoms with van der Waals surface area (Å²) in [5.41, 5.74) is 3.30. The maximum Gasteiger partial charge on any atom is 0.170 e. The van der Waals surface area contributed by atoms with E-state index in [0.29, 0.717) is 6.42 Å². The van der Waals surface area contributed by atoms with E-state index in [4.69, 9.17) is 0 Å². The maximum atomic E-state index is 12.9. The number of allylic oxidation sites excluding steroid dienone is 3. The van der Waals surface area contributed by atoms with E-state index in [0.717, 1.165) is 35.6 Å². The molecule has 1 aliphatic rings. The zero-order valence-electron chi connectivity index (χ0n) is 17.0. The van der Waals surface area contributed by atoms with E-state index in [1.165, 1.54) is 0 Å². The van der Waals surface area contributed by atoms with Crippen molar-refractivity contribution in [2.45, 2.75) is 45.4 Å². The van der Waals surface area contributed by atoms with Crippen molar-refractivity contribution >= 4 is 5.78 Å². The Kier molecular flexibility index (Phi) is 6.12. The monoisotopic (exact) mass is 392 g/mol. The Labute approximate surface area is 171 Å². The van der Waals surface area contributed by atoms with Gasteiger partial charge in [0.15, 0.2) is 5.78 Å². The number of aromatic hydroxyl groups is 3. The Morgan fingerprint density at radius 2 is 1.83 bits per heavy atom. The number of benzene rings is 2. The van der Waals surface area contributed by atoms with E-state index in [1.54, 1.807) is 0 Å². The highest BCUT2D eigenvalue weighted by molar-refractivity contribution is 6.02. The first-order chi connectivity index (χ1) is 13.8. The molecule has 0 radical (unpaired) electrons. The molecule has 29 heavy (non-hydrogen) atoms. The van der Waals surface area contributed by atoms with Gasteiger partial charge in [-0.05, 0) is 44.6 Å². The molecule has 2 aromatic carbocycles. The zero-order valence-corrected chi connectivity index (χ0v) is 17.0. The second-order valence-electron chi connectivity index (χ2n) is 7.99. The van der Waals surface area contributed by atoms with Gasteiger partial charge in [0, 0.05) is 24.0 Å². The molecule has 0 spiro atoms. The lowest BCUT2D eigenvalue weighted by molar-refractivity contribution is 0.0977. The number of carbonyl (C=O) groups excluding carboxylic acids is 1. The Morgan fingerprint density at radius 1 is 1.14 bits per heavy atom. The molecule has 0 aliphatic heterocycles. The number of Topliss-reactive ketones (excluding diaryl/α,β-unsaturated/α-hetero) is 1. The number of rotatable bonds is 6. The molecule has 2 aromatic rings. The summed E-state index contributed by atoms with van der Waals surface area (Å²) in [5.74, 6) is -1.53. The van der Waals surface area contributed by atoms with Crippen LogP contribution in [0.1, 0.15) is 60.5 Å². The molecule has 0 saturated carbocycles. The number of phenolic OH excluding ortho intramolecular Hbond substituents is 3. The minimum absolute atomic E-state index is 0.0484. The van der Waals surface area contributed by atoms with E-state index in [-0.39, 0.29) is 46.7 Å². The Morgan fingerprint density at radius 3 is 2.48 bits per heavy atom. The van der Waals surface area contributed by atoms with Gasteiger partial charge in [-0.2, -0.15) is 0 Å². The first-order valence-corrected chi connectivity index (χ1v) is 9.97. The molecule has 4 nitrogen and oxygen atoms in total. The van der Waals surface area contributed by atoms with Crippen molar-refractivity contribution in [3.8, 4) is 17.2 Å². The van der Waals surface area contributed by atoms with Crippen molar-refractivity contribution in [2.24, 2.45) is 5.92 Å². The predicted molar refractivity (Wildman–Crippen MR) is 115 cm³/mol. The van der Waals surface area contributed by atoms with Gasteiger partial charge in [-0.15, -0.1) is 0 Å². The van der Waals surface area contributed by atoms with Crippen molar-refractivity contribution in [1.29, 1.82) is 0 Å². The van der Waals surface area contributed by atoms with E-state index in [2.05, 4.69) is 6.58 Å². The van der Waals surface area contributed by atoms with Crippen LogP contribution in [0, 0.1) is 5.92 Å². The second-order valence-corrected chi connectivity index (χ2v) is 7.99. The fraction of sp³-hybridized carbons (Fsp3) is 0.320. The minimum atomic E-state index is -0.398. The Hall–Kier alpha value is -3.01. The third-order valence-corrected chi connectivity index (χ3v) is 5.77. The summed E-state index contributed by atoms with van der Waals surface area (Å²) >= 11 is 0. The summed E-state index contributed by atoms with van der Waals surface area (Å²) in [7, 11) is 0. The van der Waals surface area contributed by atoms with Gasteiger partial charge in [-0.25, -0.2) is 0 Å². The molecule has 0 bridgehead atoms. The van der Waals surface area contributed by atoms with Crippen LogP contribution in [0.5, 0.6) is 17.2 Å². The van der Waals surface area contributed by atoms with Crippen LogP contribution in [-0.2, 0) is 6.42 Å². The average Bonchev–Trinajstić information content (AvgIpc) is 2.66. The number of ketones is 1. The number of phenols is 3. The van der Waals surface area contributed by atoms with Crippen LogP contribution >= 0.6 is 0 Å². The van der Waals surface area contributed by atoms with Crippen LogP contribution in [0.2, 0.25) is 0 Å². The lowest BCUT2D eigenvalue weighted by Gasteiger charge is -2.31. The SMILES string of the molecule is C=C(C)[C@H]1CCC(C)=C[C@@H]1c1c(O)cc(O)c(C(=O)CCc2ccccc2)c1O. The third kappa shape index (κ3) is 4.37. The van der Waals surface area contributed by atoms with Gasteiger partial charge in [0.25, 0.3) is 0 Å². The van der Waals surface area contributed by atoms with Gasteiger partial charge in [0.05, 0.1) is 0 Å². The van der Waals surface area contributed by atoms with Gasteiger partial charge in [-0.1, -0.05) is 54.1 Å². The molecule has 4 heteroatoms. The topological polar surface area (TPSA) is 77.8 Å². The summed E-state index contributed by atoms with van der Waals surface area (Å²) in [6, 6.07) is 10.8. The molecule has 0 unspecified atom stereocenters. The van der Waals surface area contributed by atoms with Crippen LogP contribution < -0.4 is 0 Å². The summed E-state index contributed by atoms with van der Waals surface area (Å²) < 4.78 is 0. The van der Waals surface area contributed by atoms with Gasteiger partial charge < -0.3 is 15.3 Å². The lowest BCUT2D eigenvalue weighted by atomic mass is 9.73. The second kappa shape index (κ2) is 8.56. The fourth-order valence-corrected chi connectivity index (χ4v) is 4.19. The molecule has 0 amide bonds. The summed E-state index contributed by atoms with van der Waals surface area (Å²) in [4.78, 5) is 12.9. The number of aryl methyl sites for hydroxylation is 1. The van der Waals surface area contributed by atoms with Crippen molar-refractivity contribution in [2.75, 3.05) is 0 Å². The van der Waals surface area contributed by atoms with Crippen molar-refractivity contribution in [3.05, 3.63) is 76.9 Å². The quantitative estimate of drug-likeness (QED) is 0.439. The molecule has 1 aliphatic carbocycles. The molecule has 0 heterocycles. The predicted octanol–water partition coefficient (Wildman–Crippen LogP) is 5.63. The highest BCUT2D eigenvalue weighted by Gasteiger charge is 2.33. The molecule has 3 rings (SSSR count). The van der Waals surface area contributed by atoms with Gasteiger partial charge >= 0.3 is 0 Å². The van der Waals surface area contributed by atoms with E-state index < -0.39 is 5.75 Å². The minimum Gasteiger partial charge on any atom is -0.507 e. The fourth-order valence-electron chi connectivity index (χ4n) is 4.19. The molecular weight excluding hydrogens is 364 g/mol. The summed E-state index contributed by atoms with van der Waals surface area (Å²) in [6.07, 6.45) is 4.47. The number of hydrogen-bond donors (Lipinski definition) is 3. The molecule has 0 saturated heterocycles. The maximum absolute atomic E-state index is 12.9. The van der Waals surface area contributed by atoms with E-state index >= 15 is 0 Å². The number of carbonyl (C=O) groups is 1. The van der Waals surface area contributed by atoms with Crippen LogP contribution in [-0.4, -0.2) is 21.1 Å². The van der Waals surface area contributed by atoms with Gasteiger partial charge in [-0.3, -0.25) is 4.79 Å². The van der Waals surface area contributed by atoms with E-state index in [1.807, 2.05) is 50.3 Å². The highest BCUT2D eigenvalue weighted by atomic mass is 16.3. The normalized spacial score (nSPS) is 18.9. The molecule has 0 aromatic heterocycles. The van der Waals surface area contributed by atoms with Crippen LogP contribution in [0.4, 0.5) is 0 Å². The smallest absolute Gasteiger partial charge is 0.170 e. The Balaban J connectivity index is 1.98. The first kappa shape index (κ1) is 20.7. The average molecular weight is 392 g/mol. The van der Waals surface area contributed by atoms with Crippen LogP contribution in [0.3, 0.4) is 0 Å². The molecule has 3 N–H and O–H groups in total. The Bertz CT molecular complexity index is 957. The third-order valence-electron chi connectivity index (χ3n) is 5.77. The highest BCUT2D eigenvalue weighted by Crippen LogP contribution is 2.49. The summed E-state index contributed by atoms with van der Waals surface area (Å²) in [6.45, 7) is 8.02. The van der Waals surface area contributed by atoms with Gasteiger partial charge in [0.1, 0.15) is 22.8 Å². The molecule has 2 atom stereocenters.